The zero-order valence-corrected chi connectivity index (χ0v) is 16.7. The Balaban J connectivity index is 1.76. The second-order valence-electron chi connectivity index (χ2n) is 5.70. The molecule has 0 spiro atoms. The van der Waals surface area contributed by atoms with Gasteiger partial charge in [-0.1, -0.05) is 29.0 Å². The number of nitrogens with one attached hydrogen (secondary N) is 2. The molecule has 3 rings (SSSR count). The van der Waals surface area contributed by atoms with Crippen molar-refractivity contribution in [1.82, 2.24) is 10.3 Å². The maximum absolute atomic E-state index is 12.5. The number of hydrogen-bond acceptors (Lipinski definition) is 5. The van der Waals surface area contributed by atoms with E-state index >= 15 is 0 Å². The highest BCUT2D eigenvalue weighted by molar-refractivity contribution is 7.80. The lowest BCUT2D eigenvalue weighted by molar-refractivity contribution is 0.0975. The summed E-state index contributed by atoms with van der Waals surface area (Å²) in [4.78, 5) is 17.0. The van der Waals surface area contributed by atoms with Crippen molar-refractivity contribution in [2.45, 2.75) is 13.8 Å². The standard InChI is InChI=1S/C18H16ClN3O2S2/c1-9-6-10(2)15-14(7-9)26-18(20-15)22-17(25)21-16(23)12-8-11(19)4-5-13(12)24-3/h4-8H,1-3H3,(H2,20,21,22,23,25). The Bertz CT molecular complexity index is 1020. The Hall–Kier alpha value is -2.22. The summed E-state index contributed by atoms with van der Waals surface area (Å²) in [5.74, 6) is 0.00998. The predicted octanol–water partition coefficient (Wildman–Crippen LogP) is 4.70. The molecule has 0 radical (unpaired) electrons. The number of carbonyl (C=O) groups excluding carboxylic acids is 1. The Morgan fingerprint density at radius 2 is 2.04 bits per heavy atom. The minimum absolute atomic E-state index is 0.158. The first-order chi connectivity index (χ1) is 12.4. The number of anilines is 1. The molecule has 5 nitrogen and oxygen atoms in total. The largest absolute Gasteiger partial charge is 0.496 e. The number of fused-ring (bicyclic) bond motifs is 1. The molecule has 0 aliphatic heterocycles. The summed E-state index contributed by atoms with van der Waals surface area (Å²) >= 11 is 12.7. The first-order valence-electron chi connectivity index (χ1n) is 7.71. The number of aryl methyl sites for hydroxylation is 2. The van der Waals surface area contributed by atoms with Crippen LogP contribution in [0.15, 0.2) is 30.3 Å². The van der Waals surface area contributed by atoms with Crippen molar-refractivity contribution in [3.63, 3.8) is 0 Å². The van der Waals surface area contributed by atoms with Gasteiger partial charge in [0.2, 0.25) is 0 Å². The van der Waals surface area contributed by atoms with Crippen molar-refractivity contribution in [3.05, 3.63) is 52.0 Å². The van der Waals surface area contributed by atoms with Crippen LogP contribution in [0.2, 0.25) is 5.02 Å². The van der Waals surface area contributed by atoms with Crippen molar-refractivity contribution < 1.29 is 9.53 Å². The maximum atomic E-state index is 12.5. The third-order valence-corrected chi connectivity index (χ3v) is 5.04. The van der Waals surface area contributed by atoms with E-state index in [1.54, 1.807) is 12.1 Å². The number of carbonyl (C=O) groups is 1. The molecule has 8 heteroatoms. The molecule has 0 aliphatic rings. The lowest BCUT2D eigenvalue weighted by Gasteiger charge is -2.10. The summed E-state index contributed by atoms with van der Waals surface area (Å²) in [7, 11) is 1.49. The summed E-state index contributed by atoms with van der Waals surface area (Å²) in [5, 5.41) is 6.81. The van der Waals surface area contributed by atoms with Crippen LogP contribution in [0.3, 0.4) is 0 Å². The molecular weight excluding hydrogens is 390 g/mol. The van der Waals surface area contributed by atoms with E-state index in [0.29, 0.717) is 21.5 Å². The molecule has 0 saturated heterocycles. The van der Waals surface area contributed by atoms with E-state index in [1.165, 1.54) is 30.1 Å². The van der Waals surface area contributed by atoms with E-state index in [4.69, 9.17) is 28.6 Å². The normalized spacial score (nSPS) is 10.6. The van der Waals surface area contributed by atoms with Gasteiger partial charge in [-0.15, -0.1) is 0 Å². The monoisotopic (exact) mass is 405 g/mol. The number of nitrogens with zero attached hydrogens (tertiary/aromatic N) is 1. The molecule has 0 saturated carbocycles. The van der Waals surface area contributed by atoms with Gasteiger partial charge in [0.15, 0.2) is 10.2 Å². The molecule has 0 fully saturated rings. The third-order valence-electron chi connectivity index (χ3n) is 3.68. The van der Waals surface area contributed by atoms with Crippen molar-refractivity contribution >= 4 is 61.5 Å². The van der Waals surface area contributed by atoms with Gasteiger partial charge in [0.05, 0.1) is 22.9 Å². The van der Waals surface area contributed by atoms with Crippen LogP contribution in [-0.2, 0) is 0 Å². The molecule has 3 aromatic rings. The van der Waals surface area contributed by atoms with Gasteiger partial charge in [-0.3, -0.25) is 10.1 Å². The van der Waals surface area contributed by atoms with Crippen LogP contribution in [0.5, 0.6) is 5.75 Å². The highest BCUT2D eigenvalue weighted by atomic mass is 35.5. The van der Waals surface area contributed by atoms with Crippen molar-refractivity contribution in [1.29, 1.82) is 0 Å². The van der Waals surface area contributed by atoms with E-state index in [-0.39, 0.29) is 5.11 Å². The van der Waals surface area contributed by atoms with Crippen LogP contribution >= 0.6 is 35.2 Å². The lowest BCUT2D eigenvalue weighted by Crippen LogP contribution is -2.34. The second kappa shape index (κ2) is 7.57. The highest BCUT2D eigenvalue weighted by Gasteiger charge is 2.15. The molecular formula is C18H16ClN3O2S2. The number of halogens is 1. The molecule has 2 aromatic carbocycles. The van der Waals surface area contributed by atoms with Gasteiger partial charge in [-0.25, -0.2) is 4.98 Å². The number of hydrogen-bond donors (Lipinski definition) is 2. The smallest absolute Gasteiger partial charge is 0.261 e. The first-order valence-corrected chi connectivity index (χ1v) is 9.31. The number of methoxy groups -OCH3 is 1. The number of thiazole rings is 1. The van der Waals surface area contributed by atoms with Crippen molar-refractivity contribution in [3.8, 4) is 5.75 Å². The summed E-state index contributed by atoms with van der Waals surface area (Å²) in [6.45, 7) is 4.06. The molecule has 2 N–H and O–H groups in total. The minimum atomic E-state index is -0.407. The summed E-state index contributed by atoms with van der Waals surface area (Å²) in [6, 6.07) is 8.97. The van der Waals surface area contributed by atoms with Crippen LogP contribution in [-0.4, -0.2) is 23.1 Å². The van der Waals surface area contributed by atoms with Crippen LogP contribution in [0.25, 0.3) is 10.2 Å². The highest BCUT2D eigenvalue weighted by Crippen LogP contribution is 2.29. The summed E-state index contributed by atoms with van der Waals surface area (Å²) in [5.41, 5.74) is 3.51. The third kappa shape index (κ3) is 3.95. The van der Waals surface area contributed by atoms with Gasteiger partial charge in [-0.05, 0) is 61.5 Å². The minimum Gasteiger partial charge on any atom is -0.496 e. The average Bonchev–Trinajstić information content (AvgIpc) is 2.97. The summed E-state index contributed by atoms with van der Waals surface area (Å²) in [6.07, 6.45) is 0. The SMILES string of the molecule is COc1ccc(Cl)cc1C(=O)NC(=S)Nc1nc2c(C)cc(C)cc2s1. The molecule has 1 amide bonds. The number of thiocarbonyl (C=S) groups is 1. The van der Waals surface area contributed by atoms with Crippen LogP contribution in [0.1, 0.15) is 21.5 Å². The Morgan fingerprint density at radius 1 is 1.27 bits per heavy atom. The van der Waals surface area contributed by atoms with Gasteiger partial charge < -0.3 is 10.1 Å². The molecule has 0 atom stereocenters. The van der Waals surface area contributed by atoms with E-state index in [1.807, 2.05) is 13.8 Å². The Kier molecular flexibility index (Phi) is 5.41. The van der Waals surface area contributed by atoms with Crippen LogP contribution < -0.4 is 15.4 Å². The molecule has 26 heavy (non-hydrogen) atoms. The fourth-order valence-corrected chi connectivity index (χ4v) is 4.05. The fraction of sp³-hybridized carbons (Fsp3) is 0.167. The van der Waals surface area contributed by atoms with Gasteiger partial charge in [-0.2, -0.15) is 0 Å². The number of aromatic nitrogens is 1. The van der Waals surface area contributed by atoms with Gasteiger partial charge >= 0.3 is 0 Å². The molecule has 1 aromatic heterocycles. The summed E-state index contributed by atoms with van der Waals surface area (Å²) < 4.78 is 6.26. The number of amides is 1. The predicted molar refractivity (Wildman–Crippen MR) is 111 cm³/mol. The van der Waals surface area contributed by atoms with E-state index in [2.05, 4.69) is 27.8 Å². The molecule has 134 valence electrons. The Morgan fingerprint density at radius 3 is 2.77 bits per heavy atom. The van der Waals surface area contributed by atoms with Crippen LogP contribution in [0, 0.1) is 13.8 Å². The van der Waals surface area contributed by atoms with E-state index in [9.17, 15) is 4.79 Å². The van der Waals surface area contributed by atoms with Gasteiger partial charge in [0, 0.05) is 5.02 Å². The first kappa shape index (κ1) is 18.6. The topological polar surface area (TPSA) is 63.2 Å². The quantitative estimate of drug-likeness (QED) is 0.618. The zero-order valence-electron chi connectivity index (χ0n) is 14.3. The van der Waals surface area contributed by atoms with E-state index in [0.717, 1.165) is 15.8 Å². The zero-order chi connectivity index (χ0) is 18.8. The average molecular weight is 406 g/mol. The van der Waals surface area contributed by atoms with Gasteiger partial charge in [0.25, 0.3) is 5.91 Å². The number of ether oxygens (including phenoxy) is 1. The Labute approximate surface area is 165 Å². The molecule has 0 unspecified atom stereocenters. The molecule has 0 bridgehead atoms. The maximum Gasteiger partial charge on any atom is 0.261 e. The van der Waals surface area contributed by atoms with Gasteiger partial charge in [0.1, 0.15) is 5.75 Å². The fourth-order valence-electron chi connectivity index (χ4n) is 2.58. The number of benzene rings is 2. The van der Waals surface area contributed by atoms with Crippen LogP contribution in [0.4, 0.5) is 5.13 Å². The lowest BCUT2D eigenvalue weighted by atomic mass is 10.1. The molecule has 1 heterocycles. The van der Waals surface area contributed by atoms with Crippen molar-refractivity contribution in [2.24, 2.45) is 0 Å². The van der Waals surface area contributed by atoms with E-state index < -0.39 is 5.91 Å². The van der Waals surface area contributed by atoms with Crippen molar-refractivity contribution in [2.75, 3.05) is 12.4 Å². The number of rotatable bonds is 3. The molecule has 0 aliphatic carbocycles. The second-order valence-corrected chi connectivity index (χ2v) is 7.58.